The van der Waals surface area contributed by atoms with E-state index in [1.54, 1.807) is 0 Å². The van der Waals surface area contributed by atoms with Gasteiger partial charge in [-0.05, 0) is 77.4 Å². The number of hydrogen-bond donors (Lipinski definition) is 1. The lowest BCUT2D eigenvalue weighted by Gasteiger charge is -2.22. The first-order chi connectivity index (χ1) is 26.1. The molecule has 0 heterocycles. The molecule has 0 radical (unpaired) electrons. The number of carbonyl (C=O) groups excluding carboxylic acids is 2. The standard InChI is InChI=1S/C45H90N2O6.H2/c1-5-8-11-14-17-25-30-40-51-43(48)34-26-19-18-21-28-37-47(39-33-36-46-45(49)50-4)38-29-22-20-27-35-44(52-41-31-23-15-12-9-6-2)53-42-32-24-16-13-10-7-3;/h44H,5-42H2,1-4H3,(H,46,49);1H. The fraction of sp³-hybridized carbons (Fsp3) is 0.956. The first-order valence-corrected chi connectivity index (χ1v) is 23.0. The molecule has 0 spiro atoms. The molecule has 0 saturated heterocycles. The minimum atomic E-state index is -0.358. The quantitative estimate of drug-likeness (QED) is 0.0376. The maximum atomic E-state index is 12.1. The summed E-state index contributed by atoms with van der Waals surface area (Å²) in [6, 6.07) is 0. The van der Waals surface area contributed by atoms with Crippen molar-refractivity contribution in [2.24, 2.45) is 0 Å². The van der Waals surface area contributed by atoms with Crippen LogP contribution in [-0.2, 0) is 23.7 Å². The summed E-state index contributed by atoms with van der Waals surface area (Å²) in [4.78, 5) is 26.1. The Bertz CT molecular complexity index is 744. The number of carbonyl (C=O) groups is 2. The molecule has 8 heteroatoms. The predicted molar refractivity (Wildman–Crippen MR) is 226 cm³/mol. The minimum Gasteiger partial charge on any atom is -0.466 e. The lowest BCUT2D eigenvalue weighted by atomic mass is 10.1. The van der Waals surface area contributed by atoms with E-state index in [0.717, 1.165) is 90.6 Å². The third kappa shape index (κ3) is 40.1. The molecule has 0 aliphatic carbocycles. The van der Waals surface area contributed by atoms with Gasteiger partial charge >= 0.3 is 12.1 Å². The van der Waals surface area contributed by atoms with E-state index >= 15 is 0 Å². The molecule has 0 aromatic rings. The van der Waals surface area contributed by atoms with Gasteiger partial charge in [-0.3, -0.25) is 4.79 Å². The fourth-order valence-corrected chi connectivity index (χ4v) is 6.76. The Morgan fingerprint density at radius 3 is 1.43 bits per heavy atom. The highest BCUT2D eigenvalue weighted by Gasteiger charge is 2.11. The molecule has 0 atom stereocenters. The average molecular weight is 757 g/mol. The normalized spacial score (nSPS) is 11.5. The van der Waals surface area contributed by atoms with E-state index < -0.39 is 0 Å². The zero-order chi connectivity index (χ0) is 38.7. The van der Waals surface area contributed by atoms with Crippen LogP contribution in [0.1, 0.15) is 221 Å². The maximum absolute atomic E-state index is 12.1. The van der Waals surface area contributed by atoms with Crippen molar-refractivity contribution >= 4 is 12.1 Å². The molecule has 0 unspecified atom stereocenters. The lowest BCUT2D eigenvalue weighted by molar-refractivity contribution is -0.148. The Kier molecular flexibility index (Phi) is 42.2. The molecule has 0 aromatic heterocycles. The molecule has 0 aliphatic heterocycles. The molecule has 0 bridgehead atoms. The van der Waals surface area contributed by atoms with Crippen LogP contribution in [0.5, 0.6) is 0 Å². The smallest absolute Gasteiger partial charge is 0.406 e. The highest BCUT2D eigenvalue weighted by Crippen LogP contribution is 2.15. The number of esters is 1. The molecule has 318 valence electrons. The van der Waals surface area contributed by atoms with E-state index in [4.69, 9.17) is 18.9 Å². The highest BCUT2D eigenvalue weighted by molar-refractivity contribution is 5.69. The van der Waals surface area contributed by atoms with Crippen molar-refractivity contribution in [1.82, 2.24) is 10.2 Å². The molecular weight excluding hydrogens is 665 g/mol. The van der Waals surface area contributed by atoms with Crippen LogP contribution in [0.25, 0.3) is 0 Å². The number of methoxy groups -OCH3 is 1. The number of amides is 1. The van der Waals surface area contributed by atoms with Gasteiger partial charge in [-0.2, -0.15) is 0 Å². The van der Waals surface area contributed by atoms with Crippen molar-refractivity contribution in [2.45, 2.75) is 226 Å². The van der Waals surface area contributed by atoms with Crippen LogP contribution in [0.15, 0.2) is 0 Å². The van der Waals surface area contributed by atoms with Crippen LogP contribution in [-0.4, -0.2) is 76.4 Å². The van der Waals surface area contributed by atoms with Crippen molar-refractivity contribution in [3.05, 3.63) is 0 Å². The zero-order valence-corrected chi connectivity index (χ0v) is 35.8. The molecule has 0 saturated carbocycles. The zero-order valence-electron chi connectivity index (χ0n) is 35.8. The molecule has 0 fully saturated rings. The molecule has 8 nitrogen and oxygen atoms in total. The van der Waals surface area contributed by atoms with Crippen molar-refractivity contribution in [1.29, 1.82) is 0 Å². The Labute approximate surface area is 330 Å². The van der Waals surface area contributed by atoms with Crippen LogP contribution in [0.3, 0.4) is 0 Å². The molecule has 0 rings (SSSR count). The van der Waals surface area contributed by atoms with Gasteiger partial charge in [-0.1, -0.05) is 156 Å². The maximum Gasteiger partial charge on any atom is 0.406 e. The van der Waals surface area contributed by atoms with Gasteiger partial charge in [0, 0.05) is 27.6 Å². The van der Waals surface area contributed by atoms with E-state index in [1.165, 1.54) is 142 Å². The molecule has 0 aromatic carbocycles. The van der Waals surface area contributed by atoms with Gasteiger partial charge in [0.15, 0.2) is 6.29 Å². The number of alkyl carbamates (subject to hydrolysis) is 1. The number of nitrogens with one attached hydrogen (secondary N) is 1. The molecule has 0 aliphatic rings. The first kappa shape index (κ1) is 51.6. The third-order valence-corrected chi connectivity index (χ3v) is 10.2. The lowest BCUT2D eigenvalue weighted by Crippen LogP contribution is -2.31. The van der Waals surface area contributed by atoms with Crippen molar-refractivity contribution in [3.8, 4) is 0 Å². The van der Waals surface area contributed by atoms with Gasteiger partial charge < -0.3 is 29.2 Å². The topological polar surface area (TPSA) is 86.3 Å². The van der Waals surface area contributed by atoms with E-state index in [-0.39, 0.29) is 19.8 Å². The Morgan fingerprint density at radius 1 is 0.509 bits per heavy atom. The van der Waals surface area contributed by atoms with E-state index in [0.29, 0.717) is 19.6 Å². The number of nitrogens with zero attached hydrogens (tertiary/aromatic N) is 1. The molecule has 1 N–H and O–H groups in total. The van der Waals surface area contributed by atoms with Crippen LogP contribution in [0.4, 0.5) is 4.79 Å². The third-order valence-electron chi connectivity index (χ3n) is 10.2. The summed E-state index contributed by atoms with van der Waals surface area (Å²) < 4.78 is 22.7. The van der Waals surface area contributed by atoms with Gasteiger partial charge in [0.1, 0.15) is 0 Å². The van der Waals surface area contributed by atoms with Crippen molar-refractivity contribution in [2.75, 3.05) is 53.1 Å². The summed E-state index contributed by atoms with van der Waals surface area (Å²) in [6.45, 7) is 12.8. The molecule has 53 heavy (non-hydrogen) atoms. The summed E-state index contributed by atoms with van der Waals surface area (Å²) in [5, 5.41) is 2.82. The van der Waals surface area contributed by atoms with Gasteiger partial charge in [0.2, 0.25) is 0 Å². The van der Waals surface area contributed by atoms with Crippen LogP contribution in [0, 0.1) is 0 Å². The van der Waals surface area contributed by atoms with E-state index in [9.17, 15) is 9.59 Å². The van der Waals surface area contributed by atoms with Crippen LogP contribution < -0.4 is 5.32 Å². The second-order valence-corrected chi connectivity index (χ2v) is 15.4. The summed E-state index contributed by atoms with van der Waals surface area (Å²) in [5.41, 5.74) is 0. The first-order valence-electron chi connectivity index (χ1n) is 23.0. The summed E-state index contributed by atoms with van der Waals surface area (Å²) in [7, 11) is 1.41. The number of hydrogen-bond acceptors (Lipinski definition) is 7. The SMILES string of the molecule is CCCCCCCCCOC(=O)CCCCCCCN(CCCCCCC(OCCCCCCCC)OCCCCCCCC)CCCNC(=O)OC.[HH]. The second-order valence-electron chi connectivity index (χ2n) is 15.4. The van der Waals surface area contributed by atoms with Crippen molar-refractivity contribution < 1.29 is 30.0 Å². The van der Waals surface area contributed by atoms with Gasteiger partial charge in [0.05, 0.1) is 13.7 Å². The largest absolute Gasteiger partial charge is 0.466 e. The highest BCUT2D eigenvalue weighted by atomic mass is 16.7. The summed E-state index contributed by atoms with van der Waals surface area (Å²) in [6.07, 6.45) is 36.4. The Morgan fingerprint density at radius 2 is 0.925 bits per heavy atom. The minimum absolute atomic E-state index is 0. The summed E-state index contributed by atoms with van der Waals surface area (Å²) >= 11 is 0. The van der Waals surface area contributed by atoms with Crippen LogP contribution >= 0.6 is 0 Å². The fourth-order valence-electron chi connectivity index (χ4n) is 6.76. The van der Waals surface area contributed by atoms with Crippen LogP contribution in [0.2, 0.25) is 0 Å². The second kappa shape index (κ2) is 43.3. The molecule has 1 amide bonds. The van der Waals surface area contributed by atoms with E-state index in [1.807, 2.05) is 0 Å². The Balaban J connectivity index is 0. The van der Waals surface area contributed by atoms with Gasteiger partial charge in [-0.15, -0.1) is 0 Å². The van der Waals surface area contributed by atoms with Gasteiger partial charge in [0.25, 0.3) is 0 Å². The monoisotopic (exact) mass is 757 g/mol. The van der Waals surface area contributed by atoms with Crippen molar-refractivity contribution in [3.63, 3.8) is 0 Å². The van der Waals surface area contributed by atoms with Gasteiger partial charge in [-0.25, -0.2) is 4.79 Å². The number of unbranched alkanes of at least 4 members (excludes halogenated alkanes) is 23. The predicted octanol–water partition coefficient (Wildman–Crippen LogP) is 12.9. The number of rotatable bonds is 43. The number of ether oxygens (including phenoxy) is 4. The van der Waals surface area contributed by atoms with E-state index in [2.05, 4.69) is 31.0 Å². The summed E-state index contributed by atoms with van der Waals surface area (Å²) in [5.74, 6) is -0.0281. The average Bonchev–Trinajstić information content (AvgIpc) is 3.16. The molecular formula is C45H92N2O6. The Hall–Kier alpha value is -1.38.